The number of hydrogen-bond donors (Lipinski definition) is 0. The van der Waals surface area contributed by atoms with Gasteiger partial charge in [-0.3, -0.25) is 0 Å². The predicted molar refractivity (Wildman–Crippen MR) is 77.2 cm³/mol. The molecule has 2 aromatic carbocycles. The number of rotatable bonds is 1. The fourth-order valence-electron chi connectivity index (χ4n) is 2.19. The Labute approximate surface area is 124 Å². The van der Waals surface area contributed by atoms with Crippen molar-refractivity contribution in [3.63, 3.8) is 0 Å². The van der Waals surface area contributed by atoms with Crippen LogP contribution in [0.1, 0.15) is 5.56 Å². The number of benzene rings is 2. The van der Waals surface area contributed by atoms with Crippen LogP contribution in [0.15, 0.2) is 54.6 Å². The maximum absolute atomic E-state index is 13.3. The number of halogens is 4. The van der Waals surface area contributed by atoms with E-state index in [2.05, 4.69) is 4.98 Å². The van der Waals surface area contributed by atoms with Gasteiger partial charge < -0.3 is 0 Å². The second-order valence-electron chi connectivity index (χ2n) is 4.58. The minimum atomic E-state index is -4.46. The average molecular weight is 308 g/mol. The normalized spacial score (nSPS) is 11.8. The lowest BCUT2D eigenvalue weighted by Gasteiger charge is -2.13. The van der Waals surface area contributed by atoms with Gasteiger partial charge in [0.15, 0.2) is 0 Å². The highest BCUT2D eigenvalue weighted by molar-refractivity contribution is 6.31. The van der Waals surface area contributed by atoms with Gasteiger partial charge in [0.1, 0.15) is 0 Å². The van der Waals surface area contributed by atoms with E-state index in [1.807, 2.05) is 0 Å². The van der Waals surface area contributed by atoms with E-state index in [1.165, 1.54) is 18.2 Å². The summed E-state index contributed by atoms with van der Waals surface area (Å²) in [5, 5.41) is 0.261. The number of fused-ring (bicyclic) bond motifs is 1. The first kappa shape index (κ1) is 13.9. The summed E-state index contributed by atoms with van der Waals surface area (Å²) in [7, 11) is 0. The van der Waals surface area contributed by atoms with Gasteiger partial charge in [0.2, 0.25) is 0 Å². The third-order valence-electron chi connectivity index (χ3n) is 3.15. The summed E-state index contributed by atoms with van der Waals surface area (Å²) in [6.45, 7) is 0. The Kier molecular flexibility index (Phi) is 3.33. The van der Waals surface area contributed by atoms with Crippen LogP contribution in [0.3, 0.4) is 0 Å². The number of aromatic nitrogens is 1. The van der Waals surface area contributed by atoms with Gasteiger partial charge in [-0.2, -0.15) is 13.2 Å². The SMILES string of the molecule is FC(F)(F)c1cc(-c2ccccc2)nc2ccc(Cl)cc12. The molecule has 0 aliphatic heterocycles. The highest BCUT2D eigenvalue weighted by Crippen LogP contribution is 2.37. The first-order valence-corrected chi connectivity index (χ1v) is 6.56. The molecular weight excluding hydrogens is 299 g/mol. The van der Waals surface area contributed by atoms with E-state index in [0.717, 1.165) is 6.07 Å². The van der Waals surface area contributed by atoms with E-state index < -0.39 is 11.7 Å². The summed E-state index contributed by atoms with van der Waals surface area (Å²) < 4.78 is 39.8. The lowest BCUT2D eigenvalue weighted by atomic mass is 10.0. The Balaban J connectivity index is 2.33. The Morgan fingerprint density at radius 1 is 0.905 bits per heavy atom. The molecule has 21 heavy (non-hydrogen) atoms. The number of hydrogen-bond acceptors (Lipinski definition) is 1. The van der Waals surface area contributed by atoms with Crippen LogP contribution in [0.5, 0.6) is 0 Å². The smallest absolute Gasteiger partial charge is 0.248 e. The lowest BCUT2D eigenvalue weighted by molar-refractivity contribution is -0.136. The van der Waals surface area contributed by atoms with Gasteiger partial charge in [0.05, 0.1) is 16.8 Å². The molecule has 3 aromatic rings. The Bertz CT molecular complexity index is 798. The highest BCUT2D eigenvalue weighted by Gasteiger charge is 2.33. The maximum Gasteiger partial charge on any atom is 0.417 e. The van der Waals surface area contributed by atoms with Gasteiger partial charge in [-0.1, -0.05) is 41.9 Å². The van der Waals surface area contributed by atoms with Crippen molar-refractivity contribution in [2.24, 2.45) is 0 Å². The molecule has 0 bridgehead atoms. The first-order valence-electron chi connectivity index (χ1n) is 6.18. The molecule has 1 aromatic heterocycles. The second-order valence-corrected chi connectivity index (χ2v) is 5.02. The first-order chi connectivity index (χ1) is 9.95. The Morgan fingerprint density at radius 3 is 2.29 bits per heavy atom. The van der Waals surface area contributed by atoms with E-state index in [9.17, 15) is 13.2 Å². The monoisotopic (exact) mass is 307 g/mol. The lowest BCUT2D eigenvalue weighted by Crippen LogP contribution is -2.07. The van der Waals surface area contributed by atoms with E-state index >= 15 is 0 Å². The van der Waals surface area contributed by atoms with Crippen LogP contribution in [-0.2, 0) is 6.18 Å². The zero-order chi connectivity index (χ0) is 15.0. The van der Waals surface area contributed by atoms with Crippen molar-refractivity contribution in [1.82, 2.24) is 4.98 Å². The average Bonchev–Trinajstić information content (AvgIpc) is 2.46. The Morgan fingerprint density at radius 2 is 1.62 bits per heavy atom. The van der Waals surface area contributed by atoms with Crippen molar-refractivity contribution in [2.75, 3.05) is 0 Å². The molecule has 0 atom stereocenters. The van der Waals surface area contributed by atoms with Crippen molar-refractivity contribution in [3.8, 4) is 11.3 Å². The molecule has 0 saturated carbocycles. The number of nitrogens with zero attached hydrogens (tertiary/aromatic N) is 1. The fourth-order valence-corrected chi connectivity index (χ4v) is 2.36. The van der Waals surface area contributed by atoms with Crippen molar-refractivity contribution < 1.29 is 13.2 Å². The summed E-state index contributed by atoms with van der Waals surface area (Å²) in [5.74, 6) is 0. The van der Waals surface area contributed by atoms with Gasteiger partial charge in [0.25, 0.3) is 0 Å². The molecule has 5 heteroatoms. The van der Waals surface area contributed by atoms with Crippen molar-refractivity contribution >= 4 is 22.5 Å². The van der Waals surface area contributed by atoms with Crippen LogP contribution in [0.2, 0.25) is 5.02 Å². The zero-order valence-corrected chi connectivity index (χ0v) is 11.4. The summed E-state index contributed by atoms with van der Waals surface area (Å²) in [4.78, 5) is 4.30. The molecule has 0 fully saturated rings. The van der Waals surface area contributed by atoms with Crippen LogP contribution in [-0.4, -0.2) is 4.98 Å². The van der Waals surface area contributed by atoms with Gasteiger partial charge in [0, 0.05) is 16.0 Å². The van der Waals surface area contributed by atoms with E-state index in [4.69, 9.17) is 11.6 Å². The summed E-state index contributed by atoms with van der Waals surface area (Å²) in [6, 6.07) is 14.2. The summed E-state index contributed by atoms with van der Waals surface area (Å²) in [5.41, 5.74) is 0.472. The minimum Gasteiger partial charge on any atom is -0.248 e. The molecule has 1 heterocycles. The van der Waals surface area contributed by atoms with Crippen molar-refractivity contribution in [2.45, 2.75) is 6.18 Å². The maximum atomic E-state index is 13.3. The van der Waals surface area contributed by atoms with Crippen LogP contribution in [0.4, 0.5) is 13.2 Å². The van der Waals surface area contributed by atoms with Crippen LogP contribution >= 0.6 is 11.6 Å². The van der Waals surface area contributed by atoms with E-state index in [-0.39, 0.29) is 21.6 Å². The predicted octanol–water partition coefficient (Wildman–Crippen LogP) is 5.57. The zero-order valence-electron chi connectivity index (χ0n) is 10.7. The molecule has 0 radical (unpaired) electrons. The molecular formula is C16H9ClF3N. The van der Waals surface area contributed by atoms with Gasteiger partial charge >= 0.3 is 6.18 Å². The molecule has 0 saturated heterocycles. The molecule has 1 nitrogen and oxygen atoms in total. The minimum absolute atomic E-state index is 0.00896. The standard InChI is InChI=1S/C16H9ClF3N/c17-11-6-7-14-12(8-11)13(16(18,19)20)9-15(21-14)10-4-2-1-3-5-10/h1-9H. The Hall–Kier alpha value is -2.07. The molecule has 0 N–H and O–H groups in total. The quantitative estimate of drug-likeness (QED) is 0.572. The van der Waals surface area contributed by atoms with Crippen molar-refractivity contribution in [3.05, 3.63) is 65.2 Å². The number of alkyl halides is 3. The number of pyridine rings is 1. The molecule has 0 aliphatic rings. The second kappa shape index (κ2) is 5.04. The topological polar surface area (TPSA) is 12.9 Å². The fraction of sp³-hybridized carbons (Fsp3) is 0.0625. The third-order valence-corrected chi connectivity index (χ3v) is 3.38. The highest BCUT2D eigenvalue weighted by atomic mass is 35.5. The van der Waals surface area contributed by atoms with Crippen LogP contribution < -0.4 is 0 Å². The summed E-state index contributed by atoms with van der Waals surface area (Å²) >= 11 is 5.80. The van der Waals surface area contributed by atoms with Crippen molar-refractivity contribution in [1.29, 1.82) is 0 Å². The van der Waals surface area contributed by atoms with Gasteiger partial charge in [-0.25, -0.2) is 4.98 Å². The van der Waals surface area contributed by atoms with Crippen LogP contribution in [0.25, 0.3) is 22.2 Å². The molecule has 0 spiro atoms. The van der Waals surface area contributed by atoms with Crippen LogP contribution in [0, 0.1) is 0 Å². The molecule has 0 amide bonds. The molecule has 0 unspecified atom stereocenters. The van der Waals surface area contributed by atoms with E-state index in [0.29, 0.717) is 5.56 Å². The van der Waals surface area contributed by atoms with Gasteiger partial charge in [-0.05, 0) is 24.3 Å². The van der Waals surface area contributed by atoms with Gasteiger partial charge in [-0.15, -0.1) is 0 Å². The third kappa shape index (κ3) is 2.72. The summed E-state index contributed by atoms with van der Waals surface area (Å²) in [6.07, 6.45) is -4.46. The largest absolute Gasteiger partial charge is 0.417 e. The van der Waals surface area contributed by atoms with E-state index in [1.54, 1.807) is 30.3 Å². The molecule has 106 valence electrons. The molecule has 3 rings (SSSR count). The molecule has 0 aliphatic carbocycles.